The van der Waals surface area contributed by atoms with Gasteiger partial charge in [-0.05, 0) is 24.3 Å². The van der Waals surface area contributed by atoms with Crippen molar-refractivity contribution >= 4 is 44.3 Å². The van der Waals surface area contributed by atoms with Crippen LogP contribution < -0.4 is 16.6 Å². The van der Waals surface area contributed by atoms with Crippen molar-refractivity contribution in [3.05, 3.63) is 68.7 Å². The maximum atomic E-state index is 13.8. The topological polar surface area (TPSA) is 107 Å². The summed E-state index contributed by atoms with van der Waals surface area (Å²) in [5.74, 6) is -3.90. The van der Waals surface area contributed by atoms with Gasteiger partial charge in [0.05, 0.1) is 28.5 Å². The molecule has 0 bridgehead atoms. The first kappa shape index (κ1) is 19.6. The van der Waals surface area contributed by atoms with E-state index in [1.54, 1.807) is 18.2 Å². The molecule has 0 saturated carbocycles. The lowest BCUT2D eigenvalue weighted by molar-refractivity contribution is -0.116. The van der Waals surface area contributed by atoms with Gasteiger partial charge in [-0.2, -0.15) is 0 Å². The molecular formula is C18H13BrF2N4O3. The number of carbonyl (C=O) groups is 2. The average molecular weight is 451 g/mol. The molecule has 1 aromatic heterocycles. The molecule has 0 saturated heterocycles. The normalized spacial score (nSPS) is 10.8. The first-order valence-electron chi connectivity index (χ1n) is 7.99. The molecule has 2 aromatic carbocycles. The van der Waals surface area contributed by atoms with Gasteiger partial charge in [-0.3, -0.25) is 19.0 Å². The van der Waals surface area contributed by atoms with Crippen LogP contribution in [0.15, 0.2) is 45.9 Å². The Morgan fingerprint density at radius 1 is 1.18 bits per heavy atom. The van der Waals surface area contributed by atoms with Crippen molar-refractivity contribution in [2.75, 3.05) is 5.32 Å². The monoisotopic (exact) mass is 450 g/mol. The predicted octanol–water partition coefficient (Wildman–Crippen LogP) is 2.56. The van der Waals surface area contributed by atoms with Crippen molar-refractivity contribution in [1.29, 1.82) is 0 Å². The predicted molar refractivity (Wildman–Crippen MR) is 102 cm³/mol. The summed E-state index contributed by atoms with van der Waals surface area (Å²) in [4.78, 5) is 39.9. The minimum absolute atomic E-state index is 0.00832. The Morgan fingerprint density at radius 3 is 2.64 bits per heavy atom. The van der Waals surface area contributed by atoms with Crippen LogP contribution in [0.3, 0.4) is 0 Å². The van der Waals surface area contributed by atoms with Gasteiger partial charge in [-0.1, -0.05) is 15.9 Å². The lowest BCUT2D eigenvalue weighted by atomic mass is 10.1. The molecule has 3 N–H and O–H groups in total. The summed E-state index contributed by atoms with van der Waals surface area (Å²) >= 11 is 3.28. The molecule has 0 fully saturated rings. The van der Waals surface area contributed by atoms with E-state index in [2.05, 4.69) is 26.2 Å². The third kappa shape index (κ3) is 4.06. The van der Waals surface area contributed by atoms with Crippen molar-refractivity contribution in [2.24, 2.45) is 5.73 Å². The maximum absolute atomic E-state index is 13.8. The molecule has 0 unspecified atom stereocenters. The van der Waals surface area contributed by atoms with E-state index >= 15 is 0 Å². The molecule has 28 heavy (non-hydrogen) atoms. The van der Waals surface area contributed by atoms with E-state index < -0.39 is 29.0 Å². The number of benzene rings is 2. The third-order valence-corrected chi connectivity index (χ3v) is 4.46. The zero-order valence-electron chi connectivity index (χ0n) is 14.2. The van der Waals surface area contributed by atoms with Crippen molar-refractivity contribution in [2.45, 2.75) is 13.0 Å². The molecule has 0 aliphatic heterocycles. The quantitative estimate of drug-likeness (QED) is 0.622. The van der Waals surface area contributed by atoms with E-state index in [9.17, 15) is 23.2 Å². The van der Waals surface area contributed by atoms with Crippen LogP contribution >= 0.6 is 15.9 Å². The summed E-state index contributed by atoms with van der Waals surface area (Å²) in [6, 6.07) is 6.35. The van der Waals surface area contributed by atoms with Gasteiger partial charge in [0.1, 0.15) is 11.6 Å². The Balaban J connectivity index is 1.76. The van der Waals surface area contributed by atoms with E-state index in [4.69, 9.17) is 5.73 Å². The van der Waals surface area contributed by atoms with Crippen LogP contribution in [-0.4, -0.2) is 21.4 Å². The molecule has 10 heteroatoms. The number of anilines is 1. The fourth-order valence-electron chi connectivity index (χ4n) is 2.56. The lowest BCUT2D eigenvalue weighted by Crippen LogP contribution is -2.24. The summed E-state index contributed by atoms with van der Waals surface area (Å²) < 4.78 is 29.3. The minimum Gasteiger partial charge on any atom is -0.366 e. The second-order valence-corrected chi connectivity index (χ2v) is 6.79. The number of amides is 2. The van der Waals surface area contributed by atoms with Crippen molar-refractivity contribution in [1.82, 2.24) is 9.55 Å². The number of nitrogens with zero attached hydrogens (tertiary/aromatic N) is 2. The van der Waals surface area contributed by atoms with E-state index in [0.29, 0.717) is 21.4 Å². The molecule has 144 valence electrons. The maximum Gasteiger partial charge on any atom is 0.261 e. The van der Waals surface area contributed by atoms with Gasteiger partial charge in [0.15, 0.2) is 0 Å². The first-order chi connectivity index (χ1) is 13.3. The summed E-state index contributed by atoms with van der Waals surface area (Å²) in [5, 5.41) is 2.62. The lowest BCUT2D eigenvalue weighted by Gasteiger charge is -2.10. The Bertz CT molecular complexity index is 1160. The first-order valence-corrected chi connectivity index (χ1v) is 8.79. The highest BCUT2D eigenvalue weighted by molar-refractivity contribution is 9.10. The number of aromatic nitrogens is 2. The molecule has 1 heterocycles. The van der Waals surface area contributed by atoms with Crippen molar-refractivity contribution in [3.63, 3.8) is 0 Å². The SMILES string of the molecule is NC(=O)c1cc(NC(=O)CCn2cnc3ccc(Br)cc3c2=O)c(F)cc1F. The molecule has 7 nitrogen and oxygen atoms in total. The zero-order valence-corrected chi connectivity index (χ0v) is 15.8. The van der Waals surface area contributed by atoms with Gasteiger partial charge in [0.2, 0.25) is 5.91 Å². The number of fused-ring (bicyclic) bond motifs is 1. The van der Waals surface area contributed by atoms with Crippen LogP contribution in [-0.2, 0) is 11.3 Å². The van der Waals surface area contributed by atoms with Gasteiger partial charge >= 0.3 is 0 Å². The zero-order chi connectivity index (χ0) is 20.4. The molecule has 0 aliphatic carbocycles. The molecule has 0 aliphatic rings. The number of aryl methyl sites for hydroxylation is 1. The number of hydrogen-bond acceptors (Lipinski definition) is 4. The van der Waals surface area contributed by atoms with Crippen LogP contribution in [0.4, 0.5) is 14.5 Å². The summed E-state index contributed by atoms with van der Waals surface area (Å²) in [5.41, 5.74) is 4.27. The standard InChI is InChI=1S/C18H13BrF2N4O3/c19-9-1-2-14-11(5-9)18(28)25(8-23-14)4-3-16(26)24-15-6-10(17(22)27)12(20)7-13(15)21/h1-2,5-8H,3-4H2,(H2,22,27)(H,24,26). The Kier molecular flexibility index (Phi) is 5.50. The summed E-state index contributed by atoms with van der Waals surface area (Å²) in [6.45, 7) is -0.00832. The van der Waals surface area contributed by atoms with E-state index in [0.717, 1.165) is 6.07 Å². The molecule has 0 spiro atoms. The molecular weight excluding hydrogens is 438 g/mol. The third-order valence-electron chi connectivity index (χ3n) is 3.96. The van der Waals surface area contributed by atoms with Crippen molar-refractivity contribution < 1.29 is 18.4 Å². The Labute approximate surface area is 165 Å². The van der Waals surface area contributed by atoms with E-state index in [-0.39, 0.29) is 24.2 Å². The van der Waals surface area contributed by atoms with E-state index in [1.165, 1.54) is 10.9 Å². The second kappa shape index (κ2) is 7.85. The number of nitrogens with two attached hydrogens (primary N) is 1. The molecule has 2 amide bonds. The molecule has 3 aromatic rings. The molecule has 0 radical (unpaired) electrons. The van der Waals surface area contributed by atoms with Gasteiger partial charge in [-0.25, -0.2) is 13.8 Å². The summed E-state index contributed by atoms with van der Waals surface area (Å²) in [6.07, 6.45) is 1.14. The highest BCUT2D eigenvalue weighted by Crippen LogP contribution is 2.20. The number of carbonyl (C=O) groups excluding carboxylic acids is 2. The van der Waals surface area contributed by atoms with Crippen LogP contribution in [0.2, 0.25) is 0 Å². The van der Waals surface area contributed by atoms with Crippen LogP contribution in [0.25, 0.3) is 10.9 Å². The van der Waals surface area contributed by atoms with Crippen LogP contribution in [0.5, 0.6) is 0 Å². The number of primary amides is 1. The number of nitrogens with one attached hydrogen (secondary N) is 1. The minimum atomic E-state index is -1.12. The second-order valence-electron chi connectivity index (χ2n) is 5.88. The van der Waals surface area contributed by atoms with Gasteiger partial charge < -0.3 is 11.1 Å². The fourth-order valence-corrected chi connectivity index (χ4v) is 2.92. The van der Waals surface area contributed by atoms with Gasteiger partial charge in [-0.15, -0.1) is 0 Å². The molecule has 3 rings (SSSR count). The van der Waals surface area contributed by atoms with Crippen LogP contribution in [0, 0.1) is 11.6 Å². The highest BCUT2D eigenvalue weighted by Gasteiger charge is 2.16. The Hall–Kier alpha value is -3.14. The van der Waals surface area contributed by atoms with E-state index in [1.807, 2.05) is 0 Å². The smallest absolute Gasteiger partial charge is 0.261 e. The number of rotatable bonds is 5. The Morgan fingerprint density at radius 2 is 1.93 bits per heavy atom. The summed E-state index contributed by atoms with van der Waals surface area (Å²) in [7, 11) is 0. The van der Waals surface area contributed by atoms with Gasteiger partial charge in [0, 0.05) is 23.5 Å². The van der Waals surface area contributed by atoms with Crippen LogP contribution in [0.1, 0.15) is 16.8 Å². The van der Waals surface area contributed by atoms with Gasteiger partial charge in [0.25, 0.3) is 11.5 Å². The average Bonchev–Trinajstić information content (AvgIpc) is 2.63. The fraction of sp³-hybridized carbons (Fsp3) is 0.111. The largest absolute Gasteiger partial charge is 0.366 e. The molecule has 0 atom stereocenters. The van der Waals surface area contributed by atoms with Crippen molar-refractivity contribution in [3.8, 4) is 0 Å². The highest BCUT2D eigenvalue weighted by atomic mass is 79.9. The number of hydrogen-bond donors (Lipinski definition) is 2. The number of halogens is 3.